The van der Waals surface area contributed by atoms with E-state index in [-0.39, 0.29) is 24.3 Å². The number of carbonyl (C=O) groups is 4. The minimum Gasteiger partial charge on any atom is -0.497 e. The third-order valence-corrected chi connectivity index (χ3v) is 8.50. The average Bonchev–Trinajstić information content (AvgIpc) is 3.49. The smallest absolute Gasteiger partial charge is 0.408 e. The second-order valence-corrected chi connectivity index (χ2v) is 13.9. The van der Waals surface area contributed by atoms with Gasteiger partial charge in [-0.05, 0) is 50.7 Å². The van der Waals surface area contributed by atoms with Crippen LogP contribution in [0.25, 0.3) is 10.9 Å². The van der Waals surface area contributed by atoms with Crippen LogP contribution < -0.4 is 20.8 Å². The summed E-state index contributed by atoms with van der Waals surface area (Å²) in [6, 6.07) is 2.41. The molecule has 13 nitrogen and oxygen atoms in total. The molecular formula is C32H45N5O8. The van der Waals surface area contributed by atoms with Crippen LogP contribution in [-0.4, -0.2) is 82.5 Å². The zero-order valence-corrected chi connectivity index (χ0v) is 27.6. The van der Waals surface area contributed by atoms with Crippen LogP contribution in [0.2, 0.25) is 0 Å². The summed E-state index contributed by atoms with van der Waals surface area (Å²) in [6.07, 6.45) is 1.67. The monoisotopic (exact) mass is 627 g/mol. The van der Waals surface area contributed by atoms with Gasteiger partial charge < -0.3 is 29.7 Å². The number of hydrogen-bond acceptors (Lipinski definition) is 9. The molecule has 1 aromatic heterocycles. The van der Waals surface area contributed by atoms with Crippen molar-refractivity contribution in [1.82, 2.24) is 25.3 Å². The first-order chi connectivity index (χ1) is 20.9. The molecule has 4 rings (SSSR count). The van der Waals surface area contributed by atoms with Gasteiger partial charge in [0, 0.05) is 24.4 Å². The number of fused-ring (bicyclic) bond motifs is 1. The van der Waals surface area contributed by atoms with Crippen molar-refractivity contribution >= 4 is 34.8 Å². The molecule has 2 heterocycles. The van der Waals surface area contributed by atoms with Gasteiger partial charge in [0.25, 0.3) is 0 Å². The Morgan fingerprint density at radius 1 is 1.11 bits per heavy atom. The Hall–Kier alpha value is -4.16. The van der Waals surface area contributed by atoms with Crippen LogP contribution in [0, 0.1) is 11.3 Å². The molecule has 0 radical (unpaired) electrons. The number of esters is 1. The zero-order valence-electron chi connectivity index (χ0n) is 27.6. The first-order valence-corrected chi connectivity index (χ1v) is 15.2. The van der Waals surface area contributed by atoms with Crippen molar-refractivity contribution in [1.29, 1.82) is 0 Å². The minimum atomic E-state index is -1.17. The molecule has 0 spiro atoms. The SMILES string of the molecule is CC[C@@H]1C[C@]1(NC(=O)[C@@H]1C[C@@H](n2ncc(=O)c3ccc(OC)cc32)CN1C(=O)[C@@H](NC(=O)OC(C)(C)C)C(C)(C)C)C(=O)OC. The molecule has 246 valence electrons. The number of carbonyl (C=O) groups excluding carboxylic acids is 4. The molecule has 0 bridgehead atoms. The fraction of sp³-hybridized carbons (Fsp3) is 0.625. The van der Waals surface area contributed by atoms with Crippen LogP contribution >= 0.6 is 0 Å². The standard InChI is InChI=1S/C32H45N5O8/c1-10-18-15-32(18,28(41)44-9)35-26(39)23-13-19(37-22-14-20(43-8)11-12-21(22)24(38)16-33-37)17-36(23)27(40)25(30(2,3)4)34-29(42)45-31(5,6)7/h11-12,14,16,18-19,23,25H,10,13,15,17H2,1-9H3,(H,34,42)(H,35,39)/t18-,19-,23+,25-,32-/m1/s1. The average molecular weight is 628 g/mol. The highest BCUT2D eigenvalue weighted by Crippen LogP contribution is 2.47. The third kappa shape index (κ3) is 6.91. The van der Waals surface area contributed by atoms with E-state index in [2.05, 4.69) is 15.7 Å². The Bertz CT molecular complexity index is 1540. The van der Waals surface area contributed by atoms with E-state index in [0.29, 0.717) is 29.5 Å². The number of ether oxygens (including phenoxy) is 3. The van der Waals surface area contributed by atoms with Gasteiger partial charge in [0.1, 0.15) is 29.0 Å². The molecular weight excluding hydrogens is 582 g/mol. The molecule has 2 aliphatic rings. The number of methoxy groups -OCH3 is 2. The van der Waals surface area contributed by atoms with Crippen LogP contribution in [0.3, 0.4) is 0 Å². The molecule has 45 heavy (non-hydrogen) atoms. The van der Waals surface area contributed by atoms with Gasteiger partial charge in [-0.2, -0.15) is 5.10 Å². The van der Waals surface area contributed by atoms with Crippen molar-refractivity contribution in [3.63, 3.8) is 0 Å². The first-order valence-electron chi connectivity index (χ1n) is 15.2. The Kier molecular flexibility index (Phi) is 9.24. The van der Waals surface area contributed by atoms with Crippen LogP contribution in [0.15, 0.2) is 29.2 Å². The highest BCUT2D eigenvalue weighted by molar-refractivity contribution is 5.96. The van der Waals surface area contributed by atoms with Gasteiger partial charge in [-0.1, -0.05) is 34.1 Å². The lowest BCUT2D eigenvalue weighted by atomic mass is 9.85. The molecule has 1 aliphatic heterocycles. The van der Waals surface area contributed by atoms with Gasteiger partial charge in [0.2, 0.25) is 17.2 Å². The lowest BCUT2D eigenvalue weighted by molar-refractivity contribution is -0.148. The highest BCUT2D eigenvalue weighted by atomic mass is 16.6. The number of amides is 3. The van der Waals surface area contributed by atoms with E-state index in [0.717, 1.165) is 0 Å². The van der Waals surface area contributed by atoms with Gasteiger partial charge in [-0.15, -0.1) is 0 Å². The van der Waals surface area contributed by atoms with Gasteiger partial charge in [-0.3, -0.25) is 19.1 Å². The number of alkyl carbamates (subject to hydrolysis) is 1. The van der Waals surface area contributed by atoms with Crippen LogP contribution in [0.4, 0.5) is 4.79 Å². The Morgan fingerprint density at radius 3 is 2.36 bits per heavy atom. The number of aromatic nitrogens is 2. The summed E-state index contributed by atoms with van der Waals surface area (Å²) >= 11 is 0. The van der Waals surface area contributed by atoms with Crippen molar-refractivity contribution < 1.29 is 33.4 Å². The third-order valence-electron chi connectivity index (χ3n) is 8.50. The second-order valence-electron chi connectivity index (χ2n) is 13.9. The van der Waals surface area contributed by atoms with Crippen LogP contribution in [0.1, 0.15) is 73.8 Å². The summed E-state index contributed by atoms with van der Waals surface area (Å²) < 4.78 is 17.5. The molecule has 1 saturated heterocycles. The molecule has 1 saturated carbocycles. The highest BCUT2D eigenvalue weighted by Gasteiger charge is 2.62. The Labute approximate surface area is 262 Å². The summed E-state index contributed by atoms with van der Waals surface area (Å²) in [5.41, 5.74) is -2.52. The molecule has 1 aromatic carbocycles. The quantitative estimate of drug-likeness (QED) is 0.420. The fourth-order valence-electron chi connectivity index (χ4n) is 6.06. The van der Waals surface area contributed by atoms with E-state index >= 15 is 0 Å². The van der Waals surface area contributed by atoms with E-state index < -0.39 is 58.6 Å². The maximum absolute atomic E-state index is 14.4. The van der Waals surface area contributed by atoms with E-state index in [1.807, 2.05) is 6.92 Å². The summed E-state index contributed by atoms with van der Waals surface area (Å²) in [6.45, 7) is 12.6. The van der Waals surface area contributed by atoms with Crippen LogP contribution in [0.5, 0.6) is 5.75 Å². The first kappa shape index (κ1) is 33.7. The number of nitrogens with one attached hydrogen (secondary N) is 2. The fourth-order valence-corrected chi connectivity index (χ4v) is 6.06. The predicted molar refractivity (Wildman–Crippen MR) is 166 cm³/mol. The maximum Gasteiger partial charge on any atom is 0.408 e. The topological polar surface area (TPSA) is 158 Å². The number of likely N-dealkylation sites (tertiary alicyclic amines) is 1. The van der Waals surface area contributed by atoms with Gasteiger partial charge in [-0.25, -0.2) is 9.59 Å². The predicted octanol–water partition coefficient (Wildman–Crippen LogP) is 2.94. The van der Waals surface area contributed by atoms with Crippen molar-refractivity contribution in [2.75, 3.05) is 20.8 Å². The number of rotatable bonds is 8. The molecule has 2 aromatic rings. The molecule has 1 aliphatic carbocycles. The zero-order chi connectivity index (χ0) is 33.5. The molecule has 5 atom stereocenters. The molecule has 0 unspecified atom stereocenters. The number of nitrogens with zero attached hydrogens (tertiary/aromatic N) is 3. The maximum atomic E-state index is 14.4. The van der Waals surface area contributed by atoms with E-state index in [1.165, 1.54) is 25.3 Å². The van der Waals surface area contributed by atoms with Crippen molar-refractivity contribution in [2.45, 2.75) is 97.0 Å². The molecule has 3 amide bonds. The van der Waals surface area contributed by atoms with Gasteiger partial charge in [0.15, 0.2) is 0 Å². The number of benzene rings is 1. The van der Waals surface area contributed by atoms with Crippen LogP contribution in [-0.2, 0) is 23.9 Å². The lowest BCUT2D eigenvalue weighted by Crippen LogP contribution is -2.59. The van der Waals surface area contributed by atoms with Crippen molar-refractivity contribution in [2.24, 2.45) is 11.3 Å². The normalized spacial score (nSPS) is 23.7. The van der Waals surface area contributed by atoms with Gasteiger partial charge >= 0.3 is 12.1 Å². The van der Waals surface area contributed by atoms with Gasteiger partial charge in [0.05, 0.1) is 32.0 Å². The minimum absolute atomic E-state index is 0.0457. The molecule has 2 N–H and O–H groups in total. The Morgan fingerprint density at radius 2 is 1.80 bits per heavy atom. The summed E-state index contributed by atoms with van der Waals surface area (Å²) in [4.78, 5) is 68.2. The van der Waals surface area contributed by atoms with E-state index in [9.17, 15) is 24.0 Å². The molecule has 13 heteroatoms. The summed E-state index contributed by atoms with van der Waals surface area (Å²) in [7, 11) is 2.79. The molecule has 2 fully saturated rings. The van der Waals surface area contributed by atoms with Crippen molar-refractivity contribution in [3.8, 4) is 5.75 Å². The summed E-state index contributed by atoms with van der Waals surface area (Å²) in [5, 5.41) is 10.4. The van der Waals surface area contributed by atoms with E-state index in [4.69, 9.17) is 14.2 Å². The van der Waals surface area contributed by atoms with Crippen molar-refractivity contribution in [3.05, 3.63) is 34.6 Å². The largest absolute Gasteiger partial charge is 0.497 e. The summed E-state index contributed by atoms with van der Waals surface area (Å²) in [5.74, 6) is -1.12. The number of hydrogen-bond donors (Lipinski definition) is 2. The van der Waals surface area contributed by atoms with E-state index in [1.54, 1.807) is 64.4 Å². The lowest BCUT2D eigenvalue weighted by Gasteiger charge is -2.36. The Balaban J connectivity index is 1.75. The second kappa shape index (κ2) is 12.3.